The normalized spacial score (nSPS) is 12.5. The first-order chi connectivity index (χ1) is 7.93. The summed E-state index contributed by atoms with van der Waals surface area (Å²) >= 11 is 0. The van der Waals surface area contributed by atoms with E-state index >= 15 is 0 Å². The first-order valence-electron chi connectivity index (χ1n) is 5.34. The summed E-state index contributed by atoms with van der Waals surface area (Å²) in [4.78, 5) is 0. The second kappa shape index (κ2) is 8.30. The third-order valence-corrected chi connectivity index (χ3v) is 2.00. The summed E-state index contributed by atoms with van der Waals surface area (Å²) in [5.41, 5.74) is 6.51. The Morgan fingerprint density at radius 3 is 2.12 bits per heavy atom. The predicted octanol–water partition coefficient (Wildman–Crippen LogP) is 3.37. The third kappa shape index (κ3) is 5.66. The Bertz CT molecular complexity index is 383. The lowest BCUT2D eigenvalue weighted by Gasteiger charge is -1.92. The monoisotopic (exact) mass is 211 g/mol. The summed E-state index contributed by atoms with van der Waals surface area (Å²) in [5, 5.41) is 0. The van der Waals surface area contributed by atoms with Crippen LogP contribution in [0.15, 0.2) is 79.1 Å². The lowest BCUT2D eigenvalue weighted by molar-refractivity contribution is 1.27. The van der Waals surface area contributed by atoms with E-state index in [2.05, 4.69) is 30.3 Å². The van der Waals surface area contributed by atoms with E-state index in [-0.39, 0.29) is 0 Å². The van der Waals surface area contributed by atoms with E-state index in [1.54, 1.807) is 6.08 Å². The van der Waals surface area contributed by atoms with Gasteiger partial charge in [0.25, 0.3) is 0 Å². The number of benzene rings is 1. The van der Waals surface area contributed by atoms with Crippen LogP contribution in [-0.4, -0.2) is 0 Å². The molecule has 16 heavy (non-hydrogen) atoms. The molecule has 0 heterocycles. The Balaban J connectivity index is 2.28. The second-order valence-corrected chi connectivity index (χ2v) is 3.27. The van der Waals surface area contributed by atoms with Gasteiger partial charge in [0.1, 0.15) is 0 Å². The number of hydrogen-bond donors (Lipinski definition) is 1. The van der Waals surface area contributed by atoms with Crippen LogP contribution < -0.4 is 5.73 Å². The standard InChI is InChI=1S/C15H17N/c16-14-10-5-3-1-2-4-7-11-15-12-8-6-9-13-15/h1-10,12-14H,11,16H2/b2-1+,5-3-,7-4+,14-10-. The van der Waals surface area contributed by atoms with Gasteiger partial charge in [0.15, 0.2) is 0 Å². The van der Waals surface area contributed by atoms with Crippen LogP contribution in [0.2, 0.25) is 0 Å². The molecule has 1 heteroatoms. The summed E-state index contributed by atoms with van der Waals surface area (Å²) < 4.78 is 0. The van der Waals surface area contributed by atoms with Crippen LogP contribution in [0.25, 0.3) is 0 Å². The van der Waals surface area contributed by atoms with Crippen molar-refractivity contribution in [1.82, 2.24) is 0 Å². The fraction of sp³-hybridized carbons (Fsp3) is 0.0667. The SMILES string of the molecule is N\C=C/C=C\C=C\C=C\Cc1ccccc1. The number of allylic oxidation sites excluding steroid dienone is 7. The summed E-state index contributed by atoms with van der Waals surface area (Å²) in [7, 11) is 0. The van der Waals surface area contributed by atoms with Gasteiger partial charge in [0.05, 0.1) is 0 Å². The molecule has 0 aliphatic carbocycles. The predicted molar refractivity (Wildman–Crippen MR) is 70.9 cm³/mol. The summed E-state index contributed by atoms with van der Waals surface area (Å²) in [5.74, 6) is 0. The average molecular weight is 211 g/mol. The molecular formula is C15H17N. The highest BCUT2D eigenvalue weighted by Crippen LogP contribution is 1.99. The highest BCUT2D eigenvalue weighted by molar-refractivity contribution is 5.20. The van der Waals surface area contributed by atoms with E-state index in [0.29, 0.717) is 0 Å². The van der Waals surface area contributed by atoms with Crippen LogP contribution in [0.5, 0.6) is 0 Å². The molecule has 2 N–H and O–H groups in total. The van der Waals surface area contributed by atoms with Crippen LogP contribution in [-0.2, 0) is 6.42 Å². The topological polar surface area (TPSA) is 26.0 Å². The minimum absolute atomic E-state index is 0.970. The van der Waals surface area contributed by atoms with E-state index in [9.17, 15) is 0 Å². The zero-order valence-corrected chi connectivity index (χ0v) is 9.29. The summed E-state index contributed by atoms with van der Waals surface area (Å²) in [6, 6.07) is 10.4. The maximum Gasteiger partial charge on any atom is -0.00624 e. The fourth-order valence-corrected chi connectivity index (χ4v) is 1.22. The Morgan fingerprint density at radius 2 is 1.44 bits per heavy atom. The first kappa shape index (κ1) is 12.1. The van der Waals surface area contributed by atoms with Crippen molar-refractivity contribution < 1.29 is 0 Å². The molecule has 1 aromatic carbocycles. The maximum atomic E-state index is 5.19. The molecule has 0 unspecified atom stereocenters. The molecule has 0 radical (unpaired) electrons. The Labute approximate surface area is 97.3 Å². The van der Waals surface area contributed by atoms with Gasteiger partial charge >= 0.3 is 0 Å². The lowest BCUT2D eigenvalue weighted by atomic mass is 10.1. The zero-order valence-electron chi connectivity index (χ0n) is 9.29. The van der Waals surface area contributed by atoms with Crippen LogP contribution in [0.3, 0.4) is 0 Å². The molecule has 0 bridgehead atoms. The van der Waals surface area contributed by atoms with Crippen molar-refractivity contribution in [3.8, 4) is 0 Å². The highest BCUT2D eigenvalue weighted by Gasteiger charge is 1.83. The van der Waals surface area contributed by atoms with E-state index in [1.165, 1.54) is 11.8 Å². The second-order valence-electron chi connectivity index (χ2n) is 3.27. The summed E-state index contributed by atoms with van der Waals surface area (Å²) in [6.07, 6.45) is 16.3. The fourth-order valence-electron chi connectivity index (χ4n) is 1.22. The van der Waals surface area contributed by atoms with Crippen molar-refractivity contribution in [2.75, 3.05) is 0 Å². The Hall–Kier alpha value is -2.02. The largest absolute Gasteiger partial charge is 0.405 e. The van der Waals surface area contributed by atoms with Gasteiger partial charge < -0.3 is 5.73 Å². The number of rotatable bonds is 5. The van der Waals surface area contributed by atoms with E-state index in [1.807, 2.05) is 36.4 Å². The van der Waals surface area contributed by atoms with E-state index in [4.69, 9.17) is 5.73 Å². The number of hydrogen-bond acceptors (Lipinski definition) is 1. The van der Waals surface area contributed by atoms with Gasteiger partial charge in [-0.2, -0.15) is 0 Å². The van der Waals surface area contributed by atoms with Crippen molar-refractivity contribution in [1.29, 1.82) is 0 Å². The minimum atomic E-state index is 0.970. The number of nitrogens with two attached hydrogens (primary N) is 1. The molecule has 0 saturated carbocycles. The van der Waals surface area contributed by atoms with Gasteiger partial charge in [-0.15, -0.1) is 0 Å². The van der Waals surface area contributed by atoms with Crippen LogP contribution in [0, 0.1) is 0 Å². The van der Waals surface area contributed by atoms with E-state index < -0.39 is 0 Å². The van der Waals surface area contributed by atoms with Crippen molar-refractivity contribution in [3.63, 3.8) is 0 Å². The van der Waals surface area contributed by atoms with Crippen LogP contribution in [0.1, 0.15) is 5.56 Å². The van der Waals surface area contributed by atoms with Crippen molar-refractivity contribution in [2.45, 2.75) is 6.42 Å². The van der Waals surface area contributed by atoms with Crippen molar-refractivity contribution in [2.24, 2.45) is 5.73 Å². The Kier molecular flexibility index (Phi) is 6.25. The molecule has 1 nitrogen and oxygen atoms in total. The van der Waals surface area contributed by atoms with Gasteiger partial charge in [0, 0.05) is 0 Å². The molecule has 0 saturated heterocycles. The van der Waals surface area contributed by atoms with Crippen LogP contribution in [0.4, 0.5) is 0 Å². The molecule has 0 spiro atoms. The molecule has 0 aliphatic heterocycles. The first-order valence-corrected chi connectivity index (χ1v) is 5.34. The molecule has 0 aromatic heterocycles. The van der Waals surface area contributed by atoms with Gasteiger partial charge in [-0.1, -0.05) is 66.8 Å². The minimum Gasteiger partial charge on any atom is -0.405 e. The molecule has 1 rings (SSSR count). The Morgan fingerprint density at radius 1 is 0.812 bits per heavy atom. The van der Waals surface area contributed by atoms with Gasteiger partial charge in [0.2, 0.25) is 0 Å². The van der Waals surface area contributed by atoms with E-state index in [0.717, 1.165) is 6.42 Å². The molecule has 0 fully saturated rings. The van der Waals surface area contributed by atoms with Gasteiger partial charge in [-0.05, 0) is 24.3 Å². The maximum absolute atomic E-state index is 5.19. The smallest absolute Gasteiger partial charge is 0.00624 e. The van der Waals surface area contributed by atoms with Crippen molar-refractivity contribution >= 4 is 0 Å². The molecule has 0 amide bonds. The zero-order chi connectivity index (χ0) is 11.5. The molecule has 0 aliphatic rings. The molecular weight excluding hydrogens is 194 g/mol. The summed E-state index contributed by atoms with van der Waals surface area (Å²) in [6.45, 7) is 0. The third-order valence-electron chi connectivity index (χ3n) is 2.00. The molecule has 0 atom stereocenters. The highest BCUT2D eigenvalue weighted by atomic mass is 14.5. The van der Waals surface area contributed by atoms with Crippen LogP contribution >= 0.6 is 0 Å². The quantitative estimate of drug-likeness (QED) is 0.742. The lowest BCUT2D eigenvalue weighted by Crippen LogP contribution is -1.77. The van der Waals surface area contributed by atoms with Gasteiger partial charge in [-0.25, -0.2) is 0 Å². The van der Waals surface area contributed by atoms with Crippen molar-refractivity contribution in [3.05, 3.63) is 84.6 Å². The average Bonchev–Trinajstić information content (AvgIpc) is 2.34. The molecule has 82 valence electrons. The molecule has 1 aromatic rings. The van der Waals surface area contributed by atoms with Gasteiger partial charge in [-0.3, -0.25) is 0 Å².